The first-order chi connectivity index (χ1) is 16.4. The van der Waals surface area contributed by atoms with E-state index < -0.39 is 11.7 Å². The number of hydrogen-bond acceptors (Lipinski definition) is 3. The van der Waals surface area contributed by atoms with Gasteiger partial charge in [0.1, 0.15) is 0 Å². The number of carbonyl (C=O) groups excluding carboxylic acids is 1. The molecule has 3 rings (SSSR count). The summed E-state index contributed by atoms with van der Waals surface area (Å²) in [5.41, 5.74) is 2.44. The van der Waals surface area contributed by atoms with Crippen LogP contribution in [0.3, 0.4) is 0 Å². The van der Waals surface area contributed by atoms with Gasteiger partial charge in [0.15, 0.2) is 0 Å². The molecular weight excluding hydrogens is 475 g/mol. The monoisotopic (exact) mass is 503 g/mol. The van der Waals surface area contributed by atoms with Gasteiger partial charge < -0.3 is 10.2 Å². The molecule has 1 aromatic heterocycles. The zero-order valence-corrected chi connectivity index (χ0v) is 21.0. The van der Waals surface area contributed by atoms with Crippen molar-refractivity contribution in [2.75, 3.05) is 18.9 Å². The molecule has 0 bridgehead atoms. The normalized spacial score (nSPS) is 11.9. The molecule has 0 saturated heterocycles. The van der Waals surface area contributed by atoms with Gasteiger partial charge in [0, 0.05) is 48.2 Å². The third-order valence-electron chi connectivity index (χ3n) is 5.66. The second kappa shape index (κ2) is 10.7. The Labute approximate surface area is 209 Å². The highest BCUT2D eigenvalue weighted by Gasteiger charge is 2.30. The van der Waals surface area contributed by atoms with E-state index in [1.54, 1.807) is 42.4 Å². The molecule has 4 nitrogen and oxygen atoms in total. The Morgan fingerprint density at radius 3 is 2.37 bits per heavy atom. The molecule has 1 amide bonds. The summed E-state index contributed by atoms with van der Waals surface area (Å²) in [5, 5.41) is 3.42. The van der Waals surface area contributed by atoms with Crippen molar-refractivity contribution in [1.82, 2.24) is 9.88 Å². The minimum atomic E-state index is -4.42. The van der Waals surface area contributed by atoms with Crippen molar-refractivity contribution in [2.24, 2.45) is 0 Å². The third-order valence-corrected chi connectivity index (χ3v) is 5.89. The highest BCUT2D eigenvalue weighted by atomic mass is 35.5. The van der Waals surface area contributed by atoms with Crippen molar-refractivity contribution in [3.63, 3.8) is 0 Å². The smallest absolute Gasteiger partial charge is 0.387 e. The number of halogens is 4. The number of benzene rings is 2. The van der Waals surface area contributed by atoms with E-state index in [-0.39, 0.29) is 30.8 Å². The Morgan fingerprint density at radius 2 is 1.77 bits per heavy atom. The topological polar surface area (TPSA) is 45.2 Å². The van der Waals surface area contributed by atoms with Gasteiger partial charge >= 0.3 is 6.18 Å². The number of pyridine rings is 1. The van der Waals surface area contributed by atoms with E-state index in [9.17, 15) is 18.0 Å². The second-order valence-electron chi connectivity index (χ2n) is 9.42. The molecule has 3 aromatic rings. The zero-order chi connectivity index (χ0) is 25.8. The number of nitrogens with one attached hydrogen (secondary N) is 1. The summed E-state index contributed by atoms with van der Waals surface area (Å²) in [5.74, 6) is -0.274. The van der Waals surface area contributed by atoms with E-state index in [1.165, 1.54) is 6.07 Å². The van der Waals surface area contributed by atoms with Gasteiger partial charge in [-0.25, -0.2) is 0 Å². The van der Waals surface area contributed by atoms with E-state index in [2.05, 4.69) is 31.1 Å². The van der Waals surface area contributed by atoms with Gasteiger partial charge in [-0.05, 0) is 47.9 Å². The summed E-state index contributed by atoms with van der Waals surface area (Å²) >= 11 is 6.16. The van der Waals surface area contributed by atoms with Crippen LogP contribution in [-0.2, 0) is 24.6 Å². The van der Waals surface area contributed by atoms with Crippen LogP contribution in [0.1, 0.15) is 53.5 Å². The summed E-state index contributed by atoms with van der Waals surface area (Å²) in [6, 6.07) is 14.0. The fourth-order valence-corrected chi connectivity index (χ4v) is 3.86. The van der Waals surface area contributed by atoms with Crippen molar-refractivity contribution in [3.8, 4) is 0 Å². The zero-order valence-electron chi connectivity index (χ0n) is 20.2. The lowest BCUT2D eigenvalue weighted by molar-refractivity contribution is -0.137. The first-order valence-corrected chi connectivity index (χ1v) is 11.6. The van der Waals surface area contributed by atoms with Crippen molar-refractivity contribution >= 4 is 23.2 Å². The fraction of sp³-hybridized carbons (Fsp3) is 0.333. The van der Waals surface area contributed by atoms with Crippen LogP contribution in [0.5, 0.6) is 0 Å². The van der Waals surface area contributed by atoms with E-state index in [0.29, 0.717) is 21.8 Å². The average molecular weight is 504 g/mol. The molecule has 0 saturated carbocycles. The number of carbonyl (C=O) groups is 1. The Balaban J connectivity index is 1.90. The summed E-state index contributed by atoms with van der Waals surface area (Å²) in [7, 11) is 1.71. The van der Waals surface area contributed by atoms with Crippen LogP contribution < -0.4 is 5.32 Å². The first kappa shape index (κ1) is 26.5. The van der Waals surface area contributed by atoms with Crippen LogP contribution in [0, 0.1) is 0 Å². The van der Waals surface area contributed by atoms with Gasteiger partial charge in [0.05, 0.1) is 11.1 Å². The lowest BCUT2D eigenvalue weighted by Gasteiger charge is -2.25. The molecule has 1 N–H and O–H groups in total. The van der Waals surface area contributed by atoms with Gasteiger partial charge in [-0.3, -0.25) is 9.78 Å². The molecule has 1 heterocycles. The minimum absolute atomic E-state index is 0.111. The van der Waals surface area contributed by atoms with Gasteiger partial charge in [0.25, 0.3) is 5.91 Å². The number of alkyl halides is 3. The number of aromatic nitrogens is 1. The Kier molecular flexibility index (Phi) is 8.11. The van der Waals surface area contributed by atoms with Gasteiger partial charge in [-0.2, -0.15) is 13.2 Å². The highest BCUT2D eigenvalue weighted by molar-refractivity contribution is 6.31. The van der Waals surface area contributed by atoms with Crippen LogP contribution in [0.4, 0.5) is 18.9 Å². The Hall–Kier alpha value is -3.06. The highest BCUT2D eigenvalue weighted by Crippen LogP contribution is 2.30. The van der Waals surface area contributed by atoms with Crippen LogP contribution in [0.25, 0.3) is 0 Å². The maximum atomic E-state index is 13.6. The van der Waals surface area contributed by atoms with Crippen LogP contribution >= 0.6 is 11.6 Å². The number of amides is 1. The molecule has 0 atom stereocenters. The van der Waals surface area contributed by atoms with Crippen LogP contribution in [0.2, 0.25) is 5.02 Å². The van der Waals surface area contributed by atoms with Crippen molar-refractivity contribution in [2.45, 2.75) is 45.3 Å². The molecule has 35 heavy (non-hydrogen) atoms. The molecule has 0 spiro atoms. The van der Waals surface area contributed by atoms with Crippen molar-refractivity contribution < 1.29 is 18.0 Å². The number of hydrogen-bond donors (Lipinski definition) is 1. The number of rotatable bonds is 7. The van der Waals surface area contributed by atoms with Gasteiger partial charge in [-0.15, -0.1) is 0 Å². The molecule has 0 unspecified atom stereocenters. The maximum Gasteiger partial charge on any atom is 0.416 e. The first-order valence-electron chi connectivity index (χ1n) is 11.3. The largest absolute Gasteiger partial charge is 0.416 e. The SMILES string of the molecule is CNc1ccc(Cl)cc1C(=O)N(CCc1cccc(C(F)(F)F)c1)Cc1ccc(C(C)(C)C)nc1. The lowest BCUT2D eigenvalue weighted by atomic mass is 9.91. The van der Waals surface area contributed by atoms with Crippen molar-refractivity contribution in [1.29, 1.82) is 0 Å². The van der Waals surface area contributed by atoms with Gasteiger partial charge in [0.2, 0.25) is 0 Å². The van der Waals surface area contributed by atoms with Crippen molar-refractivity contribution in [3.05, 3.63) is 93.8 Å². The molecule has 0 radical (unpaired) electrons. The third kappa shape index (κ3) is 6.98. The number of nitrogens with zero attached hydrogens (tertiary/aromatic N) is 2. The van der Waals surface area contributed by atoms with E-state index in [1.807, 2.05) is 12.1 Å². The molecular formula is C27H29ClF3N3O. The molecule has 0 aliphatic heterocycles. The molecule has 2 aromatic carbocycles. The second-order valence-corrected chi connectivity index (χ2v) is 9.85. The average Bonchev–Trinajstić information content (AvgIpc) is 2.80. The molecule has 0 fully saturated rings. The Morgan fingerprint density at radius 1 is 1.03 bits per heavy atom. The molecule has 0 aliphatic rings. The summed E-state index contributed by atoms with van der Waals surface area (Å²) in [6.45, 7) is 6.68. The van der Waals surface area contributed by atoms with Crippen LogP contribution in [-0.4, -0.2) is 29.4 Å². The maximum absolute atomic E-state index is 13.6. The van der Waals surface area contributed by atoms with E-state index >= 15 is 0 Å². The van der Waals surface area contributed by atoms with E-state index in [4.69, 9.17) is 11.6 Å². The van der Waals surface area contributed by atoms with Crippen LogP contribution in [0.15, 0.2) is 60.8 Å². The molecule has 8 heteroatoms. The summed E-state index contributed by atoms with van der Waals surface area (Å²) in [4.78, 5) is 19.7. The molecule has 0 aliphatic carbocycles. The standard InChI is InChI=1S/C27H29ClF3N3O/c1-26(2,3)24-11-8-19(16-33-24)17-34(25(35)22-15-21(28)9-10-23(22)32-4)13-12-18-6-5-7-20(14-18)27(29,30)31/h5-11,14-16,32H,12-13,17H2,1-4H3. The summed E-state index contributed by atoms with van der Waals surface area (Å²) in [6.07, 6.45) is -2.42. The van der Waals surface area contributed by atoms with Gasteiger partial charge in [-0.1, -0.05) is 56.6 Å². The Bertz CT molecular complexity index is 1170. The summed E-state index contributed by atoms with van der Waals surface area (Å²) < 4.78 is 39.5. The van der Waals surface area contributed by atoms with E-state index in [0.717, 1.165) is 23.4 Å². The molecule has 186 valence electrons. The predicted molar refractivity (Wildman–Crippen MR) is 134 cm³/mol. The predicted octanol–water partition coefficient (Wildman–Crippen LogP) is 6.98. The fourth-order valence-electron chi connectivity index (χ4n) is 3.68. The minimum Gasteiger partial charge on any atom is -0.387 e. The quantitative estimate of drug-likeness (QED) is 0.378. The lowest BCUT2D eigenvalue weighted by Crippen LogP contribution is -2.33. The number of anilines is 1.